The number of benzene rings is 2. The molecule has 2 aromatic rings. The minimum Gasteiger partial charge on any atom is -0.491 e. The van der Waals surface area contributed by atoms with Gasteiger partial charge in [0.15, 0.2) is 9.84 Å². The average molecular weight is 457 g/mol. The van der Waals surface area contributed by atoms with Crippen LogP contribution in [0.25, 0.3) is 0 Å². The standard InChI is InChI=1S/C20H22Cl2N2O4S/c1-29(26,27)19-14-15(6-7-17(19)22)20(25)24-10-8-23(9-11-24)12-13-28-18-5-3-2-4-16(18)21/h2-7,14H,8-13H2,1H3. The molecule has 0 radical (unpaired) electrons. The molecule has 1 amide bonds. The van der Waals surface area contributed by atoms with Gasteiger partial charge >= 0.3 is 0 Å². The summed E-state index contributed by atoms with van der Waals surface area (Å²) in [6.45, 7) is 3.77. The summed E-state index contributed by atoms with van der Waals surface area (Å²) in [7, 11) is -3.50. The molecule has 0 atom stereocenters. The van der Waals surface area contributed by atoms with Crippen LogP contribution in [0, 0.1) is 0 Å². The summed E-state index contributed by atoms with van der Waals surface area (Å²) in [6.07, 6.45) is 1.08. The van der Waals surface area contributed by atoms with Gasteiger partial charge in [0.25, 0.3) is 5.91 Å². The van der Waals surface area contributed by atoms with Crippen molar-refractivity contribution in [2.24, 2.45) is 0 Å². The van der Waals surface area contributed by atoms with Gasteiger partial charge in [0.1, 0.15) is 12.4 Å². The summed E-state index contributed by atoms with van der Waals surface area (Å²) in [5.74, 6) is 0.464. The molecule has 0 N–H and O–H groups in total. The Bertz CT molecular complexity index is 990. The number of sulfone groups is 1. The van der Waals surface area contributed by atoms with Crippen molar-refractivity contribution in [3.8, 4) is 5.75 Å². The number of carbonyl (C=O) groups is 1. The number of nitrogens with zero attached hydrogens (tertiary/aromatic N) is 2. The van der Waals surface area contributed by atoms with Crippen molar-refractivity contribution in [1.29, 1.82) is 0 Å². The first-order valence-corrected chi connectivity index (χ1v) is 11.8. The fourth-order valence-corrected chi connectivity index (χ4v) is 4.62. The molecule has 156 valence electrons. The van der Waals surface area contributed by atoms with Gasteiger partial charge in [0.2, 0.25) is 0 Å². The number of rotatable bonds is 6. The highest BCUT2D eigenvalue weighted by Crippen LogP contribution is 2.24. The summed E-state index contributed by atoms with van der Waals surface area (Å²) in [5.41, 5.74) is 0.324. The Balaban J connectivity index is 1.53. The fraction of sp³-hybridized carbons (Fsp3) is 0.350. The van der Waals surface area contributed by atoms with E-state index in [2.05, 4.69) is 4.90 Å². The molecular formula is C20H22Cl2N2O4S. The van der Waals surface area contributed by atoms with E-state index >= 15 is 0 Å². The molecule has 1 aliphatic heterocycles. The molecule has 0 unspecified atom stereocenters. The van der Waals surface area contributed by atoms with E-state index in [0.29, 0.717) is 49.1 Å². The number of carbonyl (C=O) groups excluding carboxylic acids is 1. The second-order valence-corrected chi connectivity index (χ2v) is 9.63. The lowest BCUT2D eigenvalue weighted by Crippen LogP contribution is -2.49. The van der Waals surface area contributed by atoms with Crippen molar-refractivity contribution >= 4 is 38.9 Å². The highest BCUT2D eigenvalue weighted by Gasteiger charge is 2.24. The van der Waals surface area contributed by atoms with Gasteiger partial charge in [-0.2, -0.15) is 0 Å². The number of hydrogen-bond donors (Lipinski definition) is 0. The van der Waals surface area contributed by atoms with Crippen LogP contribution in [0.3, 0.4) is 0 Å². The van der Waals surface area contributed by atoms with E-state index in [1.165, 1.54) is 12.1 Å². The second-order valence-electron chi connectivity index (χ2n) is 6.83. The molecule has 0 aliphatic carbocycles. The van der Waals surface area contributed by atoms with Crippen molar-refractivity contribution in [3.05, 3.63) is 58.1 Å². The third-order valence-corrected chi connectivity index (χ3v) is 6.63. The minimum absolute atomic E-state index is 0.0274. The molecule has 1 heterocycles. The SMILES string of the molecule is CS(=O)(=O)c1cc(C(=O)N2CCN(CCOc3ccccc3Cl)CC2)ccc1Cl. The van der Waals surface area contributed by atoms with E-state index in [1.54, 1.807) is 17.0 Å². The number of halogens is 2. The molecule has 9 heteroatoms. The zero-order valence-corrected chi connectivity index (χ0v) is 18.3. The molecule has 1 aliphatic rings. The van der Waals surface area contributed by atoms with Crippen molar-refractivity contribution < 1.29 is 17.9 Å². The van der Waals surface area contributed by atoms with Gasteiger partial charge in [-0.15, -0.1) is 0 Å². The largest absolute Gasteiger partial charge is 0.491 e. The van der Waals surface area contributed by atoms with Crippen molar-refractivity contribution in [3.63, 3.8) is 0 Å². The van der Waals surface area contributed by atoms with Gasteiger partial charge in [0.05, 0.1) is 14.9 Å². The summed E-state index contributed by atoms with van der Waals surface area (Å²) >= 11 is 12.0. The van der Waals surface area contributed by atoms with Crippen LogP contribution < -0.4 is 4.74 Å². The van der Waals surface area contributed by atoms with Crippen LogP contribution >= 0.6 is 23.2 Å². The topological polar surface area (TPSA) is 66.9 Å². The Morgan fingerprint density at radius 3 is 2.38 bits per heavy atom. The maximum atomic E-state index is 12.8. The molecule has 6 nitrogen and oxygen atoms in total. The monoisotopic (exact) mass is 456 g/mol. The molecule has 3 rings (SSSR count). The van der Waals surface area contributed by atoms with Crippen molar-refractivity contribution in [1.82, 2.24) is 9.80 Å². The molecule has 0 saturated carbocycles. The Kier molecular flexibility index (Phi) is 7.05. The Hall–Kier alpha value is -1.80. The first-order chi connectivity index (χ1) is 13.8. The van der Waals surface area contributed by atoms with E-state index in [0.717, 1.165) is 12.8 Å². The summed E-state index contributed by atoms with van der Waals surface area (Å²) in [6, 6.07) is 11.7. The molecular weight excluding hydrogens is 435 g/mol. The van der Waals surface area contributed by atoms with Crippen LogP contribution in [0.2, 0.25) is 10.0 Å². The van der Waals surface area contributed by atoms with Gasteiger partial charge < -0.3 is 9.64 Å². The van der Waals surface area contributed by atoms with Gasteiger partial charge in [-0.3, -0.25) is 9.69 Å². The van der Waals surface area contributed by atoms with E-state index in [-0.39, 0.29) is 15.8 Å². The average Bonchev–Trinajstić information content (AvgIpc) is 2.69. The lowest BCUT2D eigenvalue weighted by molar-refractivity contribution is 0.0620. The number of piperazine rings is 1. The second kappa shape index (κ2) is 9.34. The van der Waals surface area contributed by atoms with Crippen LogP contribution in [0.15, 0.2) is 47.4 Å². The third-order valence-electron chi connectivity index (χ3n) is 4.74. The quantitative estimate of drug-likeness (QED) is 0.667. The first-order valence-electron chi connectivity index (χ1n) is 9.14. The maximum absolute atomic E-state index is 12.8. The highest BCUT2D eigenvalue weighted by molar-refractivity contribution is 7.90. The Morgan fingerprint density at radius 1 is 1.03 bits per heavy atom. The predicted octanol–water partition coefficient (Wildman–Crippen LogP) is 3.23. The van der Waals surface area contributed by atoms with E-state index < -0.39 is 9.84 Å². The van der Waals surface area contributed by atoms with E-state index in [9.17, 15) is 13.2 Å². The number of para-hydroxylation sites is 1. The van der Waals surface area contributed by atoms with Gasteiger partial charge in [-0.1, -0.05) is 35.3 Å². The summed E-state index contributed by atoms with van der Waals surface area (Å²) < 4.78 is 29.4. The Morgan fingerprint density at radius 2 is 1.72 bits per heavy atom. The van der Waals surface area contributed by atoms with Crippen LogP contribution in [0.1, 0.15) is 10.4 Å². The summed E-state index contributed by atoms with van der Waals surface area (Å²) in [5, 5.41) is 0.701. The normalized spacial score (nSPS) is 15.3. The number of amides is 1. The fourth-order valence-electron chi connectivity index (χ4n) is 3.12. The zero-order chi connectivity index (χ0) is 21.0. The highest BCUT2D eigenvalue weighted by atomic mass is 35.5. The summed E-state index contributed by atoms with van der Waals surface area (Å²) in [4.78, 5) is 16.7. The molecule has 1 fully saturated rings. The molecule has 2 aromatic carbocycles. The van der Waals surface area contributed by atoms with Crippen molar-refractivity contribution in [2.45, 2.75) is 4.90 Å². The third kappa shape index (κ3) is 5.63. The van der Waals surface area contributed by atoms with Gasteiger partial charge in [0, 0.05) is 44.5 Å². The molecule has 0 aromatic heterocycles. The van der Waals surface area contributed by atoms with Crippen LogP contribution in [-0.2, 0) is 9.84 Å². The van der Waals surface area contributed by atoms with Gasteiger partial charge in [-0.05, 0) is 30.3 Å². The lowest BCUT2D eigenvalue weighted by atomic mass is 10.2. The van der Waals surface area contributed by atoms with Crippen LogP contribution in [0.4, 0.5) is 0 Å². The van der Waals surface area contributed by atoms with Crippen LogP contribution in [-0.4, -0.2) is 69.7 Å². The smallest absolute Gasteiger partial charge is 0.253 e. The predicted molar refractivity (Wildman–Crippen MR) is 114 cm³/mol. The van der Waals surface area contributed by atoms with Gasteiger partial charge in [-0.25, -0.2) is 8.42 Å². The lowest BCUT2D eigenvalue weighted by Gasteiger charge is -2.34. The first kappa shape index (κ1) is 21.9. The molecule has 0 bridgehead atoms. The molecule has 29 heavy (non-hydrogen) atoms. The number of ether oxygens (including phenoxy) is 1. The van der Waals surface area contributed by atoms with E-state index in [4.69, 9.17) is 27.9 Å². The molecule has 0 spiro atoms. The minimum atomic E-state index is -3.50. The zero-order valence-electron chi connectivity index (χ0n) is 16.0. The number of hydrogen-bond acceptors (Lipinski definition) is 5. The van der Waals surface area contributed by atoms with Crippen LogP contribution in [0.5, 0.6) is 5.75 Å². The van der Waals surface area contributed by atoms with Crippen molar-refractivity contribution in [2.75, 3.05) is 45.6 Å². The molecule has 1 saturated heterocycles. The maximum Gasteiger partial charge on any atom is 0.253 e. The Labute approximate surface area is 180 Å². The van der Waals surface area contributed by atoms with E-state index in [1.807, 2.05) is 18.2 Å².